The van der Waals surface area contributed by atoms with E-state index >= 15 is 0 Å². The zero-order chi connectivity index (χ0) is 22.9. The maximum Gasteiger partial charge on any atom is 0.407 e. The Balaban J connectivity index is 1.30. The highest BCUT2D eigenvalue weighted by atomic mass is 35.5. The topological polar surface area (TPSA) is 79.7 Å². The Labute approximate surface area is 197 Å². The van der Waals surface area contributed by atoms with Gasteiger partial charge in [0.05, 0.1) is 29.0 Å². The summed E-state index contributed by atoms with van der Waals surface area (Å²) < 4.78 is 7.52. The van der Waals surface area contributed by atoms with E-state index in [1.807, 2.05) is 40.9 Å². The summed E-state index contributed by atoms with van der Waals surface area (Å²) in [5.41, 5.74) is 3.21. The Morgan fingerprint density at radius 1 is 1.24 bits per heavy atom. The number of rotatable bonds is 5. The minimum absolute atomic E-state index is 0.0362. The van der Waals surface area contributed by atoms with Crippen LogP contribution in [0, 0.1) is 5.92 Å². The van der Waals surface area contributed by atoms with Crippen molar-refractivity contribution in [1.29, 1.82) is 0 Å². The number of carbonyl (C=O) groups is 2. The summed E-state index contributed by atoms with van der Waals surface area (Å²) in [6.07, 6.45) is 2.02. The second-order valence-corrected chi connectivity index (χ2v) is 10.4. The predicted molar refractivity (Wildman–Crippen MR) is 122 cm³/mol. The molecule has 0 radical (unpaired) electrons. The Kier molecular flexibility index (Phi) is 4.75. The summed E-state index contributed by atoms with van der Waals surface area (Å²) in [4.78, 5) is 29.4. The molecule has 1 aliphatic carbocycles. The van der Waals surface area contributed by atoms with Crippen LogP contribution < -0.4 is 5.32 Å². The van der Waals surface area contributed by atoms with Crippen molar-refractivity contribution in [3.05, 3.63) is 51.8 Å². The van der Waals surface area contributed by atoms with E-state index in [0.717, 1.165) is 53.5 Å². The number of carbonyl (C=O) groups excluding carboxylic acids is 2. The largest absolute Gasteiger partial charge is 0.441 e. The first-order valence-corrected chi connectivity index (χ1v) is 12.0. The molecule has 8 nitrogen and oxygen atoms in total. The van der Waals surface area contributed by atoms with Crippen molar-refractivity contribution in [2.45, 2.75) is 36.8 Å². The lowest BCUT2D eigenvalue weighted by Gasteiger charge is -2.46. The van der Waals surface area contributed by atoms with Crippen LogP contribution in [0.2, 0.25) is 5.02 Å². The van der Waals surface area contributed by atoms with Gasteiger partial charge in [0.2, 0.25) is 0 Å². The van der Waals surface area contributed by atoms with Crippen molar-refractivity contribution < 1.29 is 14.3 Å². The van der Waals surface area contributed by atoms with Crippen LogP contribution in [0.4, 0.5) is 4.79 Å². The van der Waals surface area contributed by atoms with Crippen LogP contribution in [-0.2, 0) is 18.2 Å². The molecular formula is C24H28ClN5O3. The van der Waals surface area contributed by atoms with Gasteiger partial charge in [-0.1, -0.05) is 29.8 Å². The number of halogens is 1. The lowest BCUT2D eigenvalue weighted by Crippen LogP contribution is -2.55. The van der Waals surface area contributed by atoms with Gasteiger partial charge in [-0.3, -0.25) is 9.48 Å². The average Bonchev–Trinajstić information content (AvgIpc) is 3.39. The number of aromatic nitrogens is 2. The monoisotopic (exact) mass is 469 g/mol. The molecule has 174 valence electrons. The van der Waals surface area contributed by atoms with E-state index in [4.69, 9.17) is 21.4 Å². The van der Waals surface area contributed by atoms with E-state index in [1.54, 1.807) is 0 Å². The van der Waals surface area contributed by atoms with Gasteiger partial charge in [-0.05, 0) is 31.5 Å². The Hall–Kier alpha value is -2.58. The van der Waals surface area contributed by atoms with Crippen LogP contribution in [0.5, 0.6) is 0 Å². The fourth-order valence-corrected chi connectivity index (χ4v) is 6.37. The normalized spacial score (nSPS) is 29.1. The molecule has 4 aliphatic rings. The molecule has 2 amide bonds. The molecule has 3 atom stereocenters. The van der Waals surface area contributed by atoms with E-state index < -0.39 is 5.60 Å². The number of benzene rings is 1. The summed E-state index contributed by atoms with van der Waals surface area (Å²) in [6, 6.07) is 7.71. The van der Waals surface area contributed by atoms with Crippen molar-refractivity contribution in [1.82, 2.24) is 24.9 Å². The Bertz CT molecular complexity index is 1140. The van der Waals surface area contributed by atoms with Gasteiger partial charge in [0.25, 0.3) is 5.91 Å². The number of likely N-dealkylation sites (tertiary alicyclic amines) is 1. The number of nitrogens with one attached hydrogen (secondary N) is 1. The smallest absolute Gasteiger partial charge is 0.407 e. The zero-order valence-corrected chi connectivity index (χ0v) is 19.6. The molecule has 1 saturated carbocycles. The molecule has 3 aliphatic heterocycles. The van der Waals surface area contributed by atoms with E-state index in [2.05, 4.69) is 17.3 Å². The number of ether oxygens (including phenoxy) is 1. The van der Waals surface area contributed by atoms with Crippen LogP contribution >= 0.6 is 11.6 Å². The van der Waals surface area contributed by atoms with Gasteiger partial charge >= 0.3 is 6.09 Å². The van der Waals surface area contributed by atoms with Crippen molar-refractivity contribution >= 4 is 23.6 Å². The first kappa shape index (κ1) is 21.0. The Morgan fingerprint density at radius 3 is 2.70 bits per heavy atom. The van der Waals surface area contributed by atoms with Gasteiger partial charge in [-0.15, -0.1) is 0 Å². The van der Waals surface area contributed by atoms with Gasteiger partial charge in [0.15, 0.2) is 0 Å². The highest BCUT2D eigenvalue weighted by molar-refractivity contribution is 6.32. The molecule has 1 spiro atoms. The molecule has 1 aromatic carbocycles. The molecule has 1 aromatic heterocycles. The van der Waals surface area contributed by atoms with Gasteiger partial charge in [0, 0.05) is 50.5 Å². The number of hydrogen-bond donors (Lipinski definition) is 1. The molecule has 2 saturated heterocycles. The number of likely N-dealkylation sites (N-methyl/N-ethyl adjacent to an activating group) is 1. The lowest BCUT2D eigenvalue weighted by molar-refractivity contribution is -0.0767. The van der Waals surface area contributed by atoms with E-state index in [0.29, 0.717) is 25.4 Å². The first-order valence-electron chi connectivity index (χ1n) is 11.6. The third-order valence-electron chi connectivity index (χ3n) is 8.06. The van der Waals surface area contributed by atoms with Gasteiger partial charge in [-0.2, -0.15) is 5.10 Å². The fourth-order valence-electron chi connectivity index (χ4n) is 5.98. The van der Waals surface area contributed by atoms with Gasteiger partial charge in [-0.25, -0.2) is 4.79 Å². The quantitative estimate of drug-likeness (QED) is 0.728. The molecule has 3 unspecified atom stereocenters. The minimum atomic E-state index is -0.482. The number of nitrogens with zero attached hydrogens (tertiary/aromatic N) is 4. The van der Waals surface area contributed by atoms with Crippen LogP contribution in [0.15, 0.2) is 24.3 Å². The lowest BCUT2D eigenvalue weighted by atomic mass is 9.69. The molecular weight excluding hydrogens is 442 g/mol. The molecule has 0 bridgehead atoms. The van der Waals surface area contributed by atoms with Gasteiger partial charge < -0.3 is 19.9 Å². The minimum Gasteiger partial charge on any atom is -0.441 e. The number of hydrogen-bond acceptors (Lipinski definition) is 5. The first-order chi connectivity index (χ1) is 15.9. The maximum atomic E-state index is 13.5. The summed E-state index contributed by atoms with van der Waals surface area (Å²) in [6.45, 7) is 3.00. The molecule has 6 rings (SSSR count). The highest BCUT2D eigenvalue weighted by Gasteiger charge is 2.55. The second kappa shape index (κ2) is 7.46. The Morgan fingerprint density at radius 2 is 2.03 bits per heavy atom. The van der Waals surface area contributed by atoms with E-state index in [1.165, 1.54) is 0 Å². The SMILES string of the molecule is CN1CC(c2nn(C)c(CC3c4ccccc4C(=O)N3CC3CCC34CNC(=O)O4)c2Cl)C1. The third kappa shape index (κ3) is 3.18. The second-order valence-electron chi connectivity index (χ2n) is 10.00. The summed E-state index contributed by atoms with van der Waals surface area (Å²) >= 11 is 6.86. The third-order valence-corrected chi connectivity index (χ3v) is 8.47. The molecule has 9 heteroatoms. The average molecular weight is 470 g/mol. The standard InChI is InChI=1S/C24H28ClN5O3/c1-28-10-14(11-28)21-20(25)19(29(2)27-21)9-18-16-5-3-4-6-17(16)22(31)30(18)12-15-7-8-24(15)13-26-23(32)33-24/h3-6,14-15,18H,7-13H2,1-2H3,(H,26,32). The van der Waals surface area contributed by atoms with Crippen molar-refractivity contribution in [3.63, 3.8) is 0 Å². The number of alkyl carbamates (subject to hydrolysis) is 1. The fraction of sp³-hybridized carbons (Fsp3) is 0.542. The molecule has 2 aromatic rings. The molecule has 3 fully saturated rings. The maximum absolute atomic E-state index is 13.5. The number of aryl methyl sites for hydroxylation is 1. The molecule has 1 N–H and O–H groups in total. The zero-order valence-electron chi connectivity index (χ0n) is 18.9. The summed E-state index contributed by atoms with van der Waals surface area (Å²) in [7, 11) is 4.03. The summed E-state index contributed by atoms with van der Waals surface area (Å²) in [5.74, 6) is 0.518. The van der Waals surface area contributed by atoms with Crippen LogP contribution in [-0.4, -0.2) is 70.4 Å². The highest BCUT2D eigenvalue weighted by Crippen LogP contribution is 2.47. The van der Waals surface area contributed by atoms with E-state index in [9.17, 15) is 9.59 Å². The van der Waals surface area contributed by atoms with E-state index in [-0.39, 0.29) is 24.0 Å². The summed E-state index contributed by atoms with van der Waals surface area (Å²) in [5, 5.41) is 8.27. The van der Waals surface area contributed by atoms with Crippen LogP contribution in [0.25, 0.3) is 0 Å². The predicted octanol–water partition coefficient (Wildman–Crippen LogP) is 2.73. The van der Waals surface area contributed by atoms with Gasteiger partial charge in [0.1, 0.15) is 5.60 Å². The number of amides is 2. The van der Waals surface area contributed by atoms with Crippen LogP contribution in [0.1, 0.15) is 52.1 Å². The van der Waals surface area contributed by atoms with Crippen molar-refractivity contribution in [3.8, 4) is 0 Å². The molecule has 33 heavy (non-hydrogen) atoms. The van der Waals surface area contributed by atoms with Crippen molar-refractivity contribution in [2.75, 3.05) is 33.2 Å². The molecule has 4 heterocycles. The van der Waals surface area contributed by atoms with Crippen molar-refractivity contribution in [2.24, 2.45) is 13.0 Å². The van der Waals surface area contributed by atoms with Crippen LogP contribution in [0.3, 0.4) is 0 Å². The number of fused-ring (bicyclic) bond motifs is 1.